The van der Waals surface area contributed by atoms with Crippen LogP contribution in [0, 0.1) is 11.8 Å². The average molecular weight is 182 g/mol. The Labute approximate surface area is 79.3 Å². The lowest BCUT2D eigenvalue weighted by Crippen LogP contribution is -2.52. The number of amides is 1. The quantitative estimate of drug-likeness (QED) is 0.667. The summed E-state index contributed by atoms with van der Waals surface area (Å²) in [4.78, 5) is 11.3. The van der Waals surface area contributed by atoms with Gasteiger partial charge in [-0.05, 0) is 25.3 Å². The van der Waals surface area contributed by atoms with Crippen LogP contribution in [0.1, 0.15) is 26.7 Å². The summed E-state index contributed by atoms with van der Waals surface area (Å²) in [6, 6.07) is 0. The Kier molecular flexibility index (Phi) is 2.06. The van der Waals surface area contributed by atoms with Crippen LogP contribution in [0.3, 0.4) is 0 Å². The van der Waals surface area contributed by atoms with Gasteiger partial charge in [-0.1, -0.05) is 13.8 Å². The number of hydrogen-bond acceptors (Lipinski definition) is 2. The van der Waals surface area contributed by atoms with Gasteiger partial charge in [0.25, 0.3) is 0 Å². The van der Waals surface area contributed by atoms with E-state index in [1.807, 2.05) is 13.8 Å². The third-order valence-corrected chi connectivity index (χ3v) is 3.25. The molecule has 3 rings (SSSR count). The summed E-state index contributed by atoms with van der Waals surface area (Å²) >= 11 is 0. The third-order valence-electron chi connectivity index (χ3n) is 3.25. The van der Waals surface area contributed by atoms with Gasteiger partial charge in [-0.3, -0.25) is 4.79 Å². The standard InChI is InChI=1S/C10H18N2O/c1-7(2)9(13)11-6-10-3-8(4-10)5-12-10/h7-8,12H,3-6H2,1-2H3,(H,11,13). The highest BCUT2D eigenvalue weighted by Crippen LogP contribution is 2.42. The van der Waals surface area contributed by atoms with Crippen LogP contribution in [-0.2, 0) is 4.79 Å². The molecule has 3 aliphatic rings. The van der Waals surface area contributed by atoms with Crippen LogP contribution in [0.15, 0.2) is 0 Å². The van der Waals surface area contributed by atoms with Crippen molar-refractivity contribution in [1.29, 1.82) is 0 Å². The van der Waals surface area contributed by atoms with Gasteiger partial charge >= 0.3 is 0 Å². The second-order valence-corrected chi connectivity index (χ2v) is 4.81. The molecule has 3 fully saturated rings. The third kappa shape index (κ3) is 1.57. The zero-order chi connectivity index (χ0) is 9.47. The topological polar surface area (TPSA) is 41.1 Å². The minimum atomic E-state index is 0.105. The molecule has 3 nitrogen and oxygen atoms in total. The molecule has 1 saturated carbocycles. The van der Waals surface area contributed by atoms with E-state index in [9.17, 15) is 4.79 Å². The zero-order valence-electron chi connectivity index (χ0n) is 8.39. The number of rotatable bonds is 3. The maximum absolute atomic E-state index is 11.3. The van der Waals surface area contributed by atoms with Gasteiger partial charge < -0.3 is 10.6 Å². The molecule has 0 atom stereocenters. The molecule has 0 aromatic rings. The summed E-state index contributed by atoms with van der Waals surface area (Å²) in [5.74, 6) is 1.16. The fourth-order valence-electron chi connectivity index (χ4n) is 2.36. The number of hydrogen-bond donors (Lipinski definition) is 2. The van der Waals surface area contributed by atoms with Gasteiger partial charge in [0, 0.05) is 18.0 Å². The van der Waals surface area contributed by atoms with Gasteiger partial charge in [0.15, 0.2) is 0 Å². The molecule has 2 heterocycles. The van der Waals surface area contributed by atoms with Crippen LogP contribution in [0.5, 0.6) is 0 Å². The van der Waals surface area contributed by atoms with Crippen molar-refractivity contribution in [3.8, 4) is 0 Å². The second-order valence-electron chi connectivity index (χ2n) is 4.81. The molecular formula is C10H18N2O. The van der Waals surface area contributed by atoms with Gasteiger partial charge in [-0.15, -0.1) is 0 Å². The van der Waals surface area contributed by atoms with Crippen molar-refractivity contribution in [2.24, 2.45) is 11.8 Å². The predicted molar refractivity (Wildman–Crippen MR) is 51.3 cm³/mol. The Morgan fingerprint density at radius 3 is 2.77 bits per heavy atom. The van der Waals surface area contributed by atoms with Crippen molar-refractivity contribution >= 4 is 5.91 Å². The lowest BCUT2D eigenvalue weighted by atomic mass is 9.73. The van der Waals surface area contributed by atoms with Crippen molar-refractivity contribution in [3.63, 3.8) is 0 Å². The molecule has 0 unspecified atom stereocenters. The molecule has 2 saturated heterocycles. The summed E-state index contributed by atoms with van der Waals surface area (Å²) in [5.41, 5.74) is 0.273. The van der Waals surface area contributed by atoms with Crippen molar-refractivity contribution < 1.29 is 4.79 Å². The van der Waals surface area contributed by atoms with E-state index >= 15 is 0 Å². The number of nitrogens with one attached hydrogen (secondary N) is 2. The van der Waals surface area contributed by atoms with Gasteiger partial charge in [-0.25, -0.2) is 0 Å². The minimum Gasteiger partial charge on any atom is -0.354 e. The second kappa shape index (κ2) is 2.98. The summed E-state index contributed by atoms with van der Waals surface area (Å²) < 4.78 is 0. The Bertz CT molecular complexity index is 213. The monoisotopic (exact) mass is 182 g/mol. The molecule has 0 aromatic heterocycles. The average Bonchev–Trinajstić information content (AvgIpc) is 2.57. The molecule has 1 amide bonds. The van der Waals surface area contributed by atoms with Gasteiger partial charge in [-0.2, -0.15) is 0 Å². The van der Waals surface area contributed by atoms with Gasteiger partial charge in [0.05, 0.1) is 0 Å². The lowest BCUT2D eigenvalue weighted by Gasteiger charge is -2.37. The molecule has 2 bridgehead atoms. The predicted octanol–water partition coefficient (Wildman–Crippen LogP) is 0.511. The molecule has 2 N–H and O–H groups in total. The van der Waals surface area contributed by atoms with E-state index in [0.717, 1.165) is 19.0 Å². The number of carbonyl (C=O) groups excluding carboxylic acids is 1. The molecule has 0 aromatic carbocycles. The summed E-state index contributed by atoms with van der Waals surface area (Å²) in [7, 11) is 0. The van der Waals surface area contributed by atoms with Gasteiger partial charge in [0.1, 0.15) is 0 Å². The minimum absolute atomic E-state index is 0.105. The van der Waals surface area contributed by atoms with Crippen LogP contribution >= 0.6 is 0 Å². The van der Waals surface area contributed by atoms with Crippen LogP contribution in [0.25, 0.3) is 0 Å². The van der Waals surface area contributed by atoms with Crippen molar-refractivity contribution in [1.82, 2.24) is 10.6 Å². The number of fused-ring (bicyclic) bond motifs is 1. The van der Waals surface area contributed by atoms with Gasteiger partial charge in [0.2, 0.25) is 5.91 Å². The highest BCUT2D eigenvalue weighted by molar-refractivity contribution is 5.77. The smallest absolute Gasteiger partial charge is 0.222 e. The Morgan fingerprint density at radius 2 is 2.31 bits per heavy atom. The molecule has 0 spiro atoms. The van der Waals surface area contributed by atoms with E-state index in [2.05, 4.69) is 10.6 Å². The maximum Gasteiger partial charge on any atom is 0.222 e. The van der Waals surface area contributed by atoms with Crippen molar-refractivity contribution in [3.05, 3.63) is 0 Å². The van der Waals surface area contributed by atoms with E-state index in [4.69, 9.17) is 0 Å². The van der Waals surface area contributed by atoms with Crippen molar-refractivity contribution in [2.75, 3.05) is 13.1 Å². The first-order valence-electron chi connectivity index (χ1n) is 5.14. The van der Waals surface area contributed by atoms with E-state index in [1.54, 1.807) is 0 Å². The van der Waals surface area contributed by atoms with Crippen LogP contribution in [0.2, 0.25) is 0 Å². The first kappa shape index (κ1) is 9.00. The Morgan fingerprint density at radius 1 is 1.62 bits per heavy atom. The highest BCUT2D eigenvalue weighted by Gasteiger charge is 2.49. The number of carbonyl (C=O) groups is 1. The van der Waals surface area contributed by atoms with Crippen LogP contribution in [-0.4, -0.2) is 24.5 Å². The van der Waals surface area contributed by atoms with E-state index < -0.39 is 0 Å². The Hall–Kier alpha value is -0.570. The first-order valence-corrected chi connectivity index (χ1v) is 5.14. The zero-order valence-corrected chi connectivity index (χ0v) is 8.39. The molecule has 3 heteroatoms. The van der Waals surface area contributed by atoms with E-state index in [-0.39, 0.29) is 17.4 Å². The fourth-order valence-corrected chi connectivity index (χ4v) is 2.36. The first-order chi connectivity index (χ1) is 6.11. The maximum atomic E-state index is 11.3. The summed E-state index contributed by atoms with van der Waals surface area (Å²) in [6.07, 6.45) is 2.51. The normalized spacial score (nSPS) is 36.1. The summed E-state index contributed by atoms with van der Waals surface area (Å²) in [6.45, 7) is 5.83. The summed E-state index contributed by atoms with van der Waals surface area (Å²) in [5, 5.41) is 6.49. The fraction of sp³-hybridized carbons (Fsp3) is 0.900. The molecule has 1 aliphatic carbocycles. The Balaban J connectivity index is 1.77. The lowest BCUT2D eigenvalue weighted by molar-refractivity contribution is -0.124. The van der Waals surface area contributed by atoms with Crippen molar-refractivity contribution in [2.45, 2.75) is 32.2 Å². The van der Waals surface area contributed by atoms with Crippen LogP contribution in [0.4, 0.5) is 0 Å². The molecule has 13 heavy (non-hydrogen) atoms. The SMILES string of the molecule is CC(C)C(=O)NCC12CC(CN1)C2. The highest BCUT2D eigenvalue weighted by atomic mass is 16.1. The molecule has 0 radical (unpaired) electrons. The largest absolute Gasteiger partial charge is 0.354 e. The molecule has 2 aliphatic heterocycles. The van der Waals surface area contributed by atoms with E-state index in [1.165, 1.54) is 12.8 Å². The van der Waals surface area contributed by atoms with Crippen LogP contribution < -0.4 is 10.6 Å². The molecule has 74 valence electrons. The van der Waals surface area contributed by atoms with E-state index in [0.29, 0.717) is 0 Å². The molecular weight excluding hydrogens is 164 g/mol.